The van der Waals surface area contributed by atoms with E-state index in [-0.39, 0.29) is 6.04 Å². The highest BCUT2D eigenvalue weighted by Crippen LogP contribution is 2.31. The molecule has 0 bridgehead atoms. The van der Waals surface area contributed by atoms with E-state index < -0.39 is 10.0 Å². The van der Waals surface area contributed by atoms with E-state index in [1.807, 2.05) is 13.0 Å². The first-order valence-corrected chi connectivity index (χ1v) is 10.1. The van der Waals surface area contributed by atoms with Gasteiger partial charge < -0.3 is 5.32 Å². The molecule has 0 aliphatic heterocycles. The lowest BCUT2D eigenvalue weighted by Crippen LogP contribution is -2.43. The van der Waals surface area contributed by atoms with Gasteiger partial charge in [-0.1, -0.05) is 33.6 Å². The molecular weight excluding hydrogens is 304 g/mol. The van der Waals surface area contributed by atoms with Crippen LogP contribution in [0.1, 0.15) is 44.9 Å². The van der Waals surface area contributed by atoms with Gasteiger partial charge in [0.25, 0.3) is 0 Å². The Kier molecular flexibility index (Phi) is 5.82. The van der Waals surface area contributed by atoms with Gasteiger partial charge in [0.2, 0.25) is 10.0 Å². The quantitative estimate of drug-likeness (QED) is 0.843. The standard InChI is InChI=1S/C15H26N2O2S2/c1-4-16-10-13-8-9-15(20-13)21(18,19)17-14-7-5-6-11(2)12(14)3/h8-9,11-12,14,16-17H,4-7,10H2,1-3H3. The normalized spacial score (nSPS) is 26.9. The van der Waals surface area contributed by atoms with Crippen molar-refractivity contribution < 1.29 is 8.42 Å². The first kappa shape index (κ1) is 16.9. The van der Waals surface area contributed by atoms with E-state index in [0.717, 1.165) is 30.8 Å². The molecule has 1 aliphatic carbocycles. The van der Waals surface area contributed by atoms with Gasteiger partial charge in [-0.3, -0.25) is 0 Å². The molecule has 3 atom stereocenters. The van der Waals surface area contributed by atoms with E-state index in [9.17, 15) is 8.42 Å². The number of hydrogen-bond acceptors (Lipinski definition) is 4. The van der Waals surface area contributed by atoms with Crippen molar-refractivity contribution >= 4 is 21.4 Å². The Labute approximate surface area is 132 Å². The van der Waals surface area contributed by atoms with Crippen LogP contribution in [0.25, 0.3) is 0 Å². The Morgan fingerprint density at radius 2 is 2.05 bits per heavy atom. The van der Waals surface area contributed by atoms with Crippen molar-refractivity contribution in [1.29, 1.82) is 0 Å². The second-order valence-electron chi connectivity index (χ2n) is 6.00. The second kappa shape index (κ2) is 7.22. The summed E-state index contributed by atoms with van der Waals surface area (Å²) in [6, 6.07) is 3.68. The minimum Gasteiger partial charge on any atom is -0.312 e. The molecule has 4 nitrogen and oxygen atoms in total. The Balaban J connectivity index is 2.05. The summed E-state index contributed by atoms with van der Waals surface area (Å²) in [5.41, 5.74) is 0. The monoisotopic (exact) mass is 330 g/mol. The van der Waals surface area contributed by atoms with Gasteiger partial charge in [-0.15, -0.1) is 11.3 Å². The molecule has 0 saturated heterocycles. The van der Waals surface area contributed by atoms with Crippen molar-refractivity contribution in [2.24, 2.45) is 11.8 Å². The lowest BCUT2D eigenvalue weighted by Gasteiger charge is -2.34. The van der Waals surface area contributed by atoms with Gasteiger partial charge in [0.05, 0.1) is 0 Å². The van der Waals surface area contributed by atoms with Gasteiger partial charge >= 0.3 is 0 Å². The molecule has 0 aromatic carbocycles. The zero-order valence-corrected chi connectivity index (χ0v) is 14.7. The molecule has 120 valence electrons. The molecule has 6 heteroatoms. The average molecular weight is 331 g/mol. The summed E-state index contributed by atoms with van der Waals surface area (Å²) in [5.74, 6) is 0.980. The number of nitrogens with one attached hydrogen (secondary N) is 2. The lowest BCUT2D eigenvalue weighted by molar-refractivity contribution is 0.227. The molecule has 2 rings (SSSR count). The SMILES string of the molecule is CCNCc1ccc(S(=O)(=O)NC2CCCC(C)C2C)s1. The molecule has 1 aliphatic rings. The third kappa shape index (κ3) is 4.28. The maximum Gasteiger partial charge on any atom is 0.250 e. The van der Waals surface area contributed by atoms with E-state index in [2.05, 4.69) is 23.9 Å². The molecule has 0 amide bonds. The van der Waals surface area contributed by atoms with Crippen LogP contribution < -0.4 is 10.0 Å². The van der Waals surface area contributed by atoms with Crippen molar-refractivity contribution in [2.45, 2.75) is 56.8 Å². The highest BCUT2D eigenvalue weighted by molar-refractivity contribution is 7.91. The van der Waals surface area contributed by atoms with E-state index in [1.54, 1.807) is 6.07 Å². The highest BCUT2D eigenvalue weighted by atomic mass is 32.2. The minimum atomic E-state index is -3.38. The number of rotatable bonds is 6. The number of thiophene rings is 1. The van der Waals surface area contributed by atoms with Crippen LogP contribution >= 0.6 is 11.3 Å². The van der Waals surface area contributed by atoms with E-state index in [4.69, 9.17) is 0 Å². The lowest BCUT2D eigenvalue weighted by atomic mass is 9.78. The van der Waals surface area contributed by atoms with Crippen LogP contribution in [0.5, 0.6) is 0 Å². The van der Waals surface area contributed by atoms with Crippen LogP contribution in [0.4, 0.5) is 0 Å². The molecule has 1 aromatic heterocycles. The fraction of sp³-hybridized carbons (Fsp3) is 0.733. The van der Waals surface area contributed by atoms with E-state index in [0.29, 0.717) is 16.0 Å². The predicted molar refractivity (Wildman–Crippen MR) is 88.0 cm³/mol. The Morgan fingerprint density at radius 3 is 2.76 bits per heavy atom. The number of hydrogen-bond donors (Lipinski definition) is 2. The zero-order chi connectivity index (χ0) is 15.5. The molecule has 1 heterocycles. The van der Waals surface area contributed by atoms with Crippen LogP contribution in [0, 0.1) is 11.8 Å². The summed E-state index contributed by atoms with van der Waals surface area (Å²) < 4.78 is 28.4. The van der Waals surface area contributed by atoms with E-state index in [1.165, 1.54) is 17.8 Å². The molecule has 0 spiro atoms. The largest absolute Gasteiger partial charge is 0.312 e. The van der Waals surface area contributed by atoms with Crippen molar-refractivity contribution in [3.8, 4) is 0 Å². The van der Waals surface area contributed by atoms with Gasteiger partial charge in [-0.25, -0.2) is 13.1 Å². The summed E-state index contributed by atoms with van der Waals surface area (Å²) in [4.78, 5) is 1.06. The summed E-state index contributed by atoms with van der Waals surface area (Å²) in [6.45, 7) is 8.02. The highest BCUT2D eigenvalue weighted by Gasteiger charge is 2.31. The topological polar surface area (TPSA) is 58.2 Å². The van der Waals surface area contributed by atoms with Gasteiger partial charge in [-0.05, 0) is 36.9 Å². The third-order valence-electron chi connectivity index (χ3n) is 4.46. The van der Waals surface area contributed by atoms with Gasteiger partial charge in [0.1, 0.15) is 4.21 Å². The van der Waals surface area contributed by atoms with Crippen molar-refractivity contribution in [3.05, 3.63) is 17.0 Å². The fourth-order valence-corrected chi connectivity index (χ4v) is 5.56. The molecule has 0 radical (unpaired) electrons. The summed E-state index contributed by atoms with van der Waals surface area (Å²) in [5, 5.41) is 3.22. The van der Waals surface area contributed by atoms with Gasteiger partial charge in [0.15, 0.2) is 0 Å². The predicted octanol–water partition coefficient (Wildman–Crippen LogP) is 2.96. The van der Waals surface area contributed by atoms with Crippen LogP contribution in [-0.4, -0.2) is 21.0 Å². The average Bonchev–Trinajstić information content (AvgIpc) is 2.91. The van der Waals surface area contributed by atoms with Crippen molar-refractivity contribution in [1.82, 2.24) is 10.0 Å². The minimum absolute atomic E-state index is 0.0677. The molecular formula is C15H26N2O2S2. The Bertz CT molecular complexity index is 554. The maximum atomic E-state index is 12.5. The first-order valence-electron chi connectivity index (χ1n) is 7.75. The number of sulfonamides is 1. The van der Waals surface area contributed by atoms with Crippen molar-refractivity contribution in [2.75, 3.05) is 6.54 Å². The molecule has 1 saturated carbocycles. The fourth-order valence-electron chi connectivity index (χ4n) is 2.85. The van der Waals surface area contributed by atoms with E-state index >= 15 is 0 Å². The van der Waals surface area contributed by atoms with Crippen LogP contribution in [0.3, 0.4) is 0 Å². The molecule has 1 fully saturated rings. The molecule has 1 aromatic rings. The Hall–Kier alpha value is -0.430. The Morgan fingerprint density at radius 1 is 1.29 bits per heavy atom. The van der Waals surface area contributed by atoms with Gasteiger partial charge in [0, 0.05) is 17.5 Å². The summed E-state index contributed by atoms with van der Waals surface area (Å²) in [6.07, 6.45) is 3.25. The smallest absolute Gasteiger partial charge is 0.250 e. The van der Waals surface area contributed by atoms with Crippen LogP contribution in [-0.2, 0) is 16.6 Å². The van der Waals surface area contributed by atoms with Crippen LogP contribution in [0.15, 0.2) is 16.3 Å². The molecule has 3 unspecified atom stereocenters. The summed E-state index contributed by atoms with van der Waals surface area (Å²) in [7, 11) is -3.38. The van der Waals surface area contributed by atoms with Crippen LogP contribution in [0.2, 0.25) is 0 Å². The van der Waals surface area contributed by atoms with Gasteiger partial charge in [-0.2, -0.15) is 0 Å². The summed E-state index contributed by atoms with van der Waals surface area (Å²) >= 11 is 1.36. The zero-order valence-electron chi connectivity index (χ0n) is 13.1. The third-order valence-corrected chi connectivity index (χ3v) is 7.53. The van der Waals surface area contributed by atoms with Crippen molar-refractivity contribution in [3.63, 3.8) is 0 Å². The first-order chi connectivity index (χ1) is 9.94. The molecule has 21 heavy (non-hydrogen) atoms. The molecule has 2 N–H and O–H groups in total. The second-order valence-corrected chi connectivity index (χ2v) is 9.11. The maximum absolute atomic E-state index is 12.5.